The largest absolute Gasteiger partial charge is 0.433 e. The first-order valence-electron chi connectivity index (χ1n) is 7.79. The fourth-order valence-electron chi connectivity index (χ4n) is 2.34. The maximum atomic E-state index is 12.2. The monoisotopic (exact) mass is 399 g/mol. The highest BCUT2D eigenvalue weighted by atomic mass is 16.9. The van der Waals surface area contributed by atoms with Gasteiger partial charge in [-0.05, 0) is 6.07 Å². The predicted molar refractivity (Wildman–Crippen MR) is 89.5 cm³/mol. The molecular weight excluding hydrogens is 384 g/mol. The van der Waals surface area contributed by atoms with Gasteiger partial charge in [-0.2, -0.15) is 5.10 Å². The summed E-state index contributed by atoms with van der Waals surface area (Å²) in [4.78, 5) is 45.4. The zero-order valence-electron chi connectivity index (χ0n) is 14.3. The number of morpholine rings is 1. The molecule has 0 N–H and O–H groups in total. The van der Waals surface area contributed by atoms with Gasteiger partial charge in [0.05, 0.1) is 37.3 Å². The van der Waals surface area contributed by atoms with E-state index >= 15 is 0 Å². The standard InChI is InChI=1S/C13H15N5O6.NO3/c19-11-8-17(14-7-10-1-2-12(24-10)18(21)22)13(20)16(11)9-15-3-5-23-6-4-15;2-1(3)4/h1-2,7H,3-6,8-9H2;/q;-1. The van der Waals surface area contributed by atoms with E-state index in [1.807, 2.05) is 4.90 Å². The van der Waals surface area contributed by atoms with Gasteiger partial charge in [-0.1, -0.05) is 0 Å². The highest BCUT2D eigenvalue weighted by Gasteiger charge is 2.37. The van der Waals surface area contributed by atoms with Crippen molar-refractivity contribution in [3.8, 4) is 0 Å². The molecule has 28 heavy (non-hydrogen) atoms. The van der Waals surface area contributed by atoms with Crippen molar-refractivity contribution < 1.29 is 28.8 Å². The summed E-state index contributed by atoms with van der Waals surface area (Å²) >= 11 is 0. The number of carbonyl (C=O) groups is 2. The Morgan fingerprint density at radius 2 is 1.79 bits per heavy atom. The van der Waals surface area contributed by atoms with Crippen LogP contribution in [0.3, 0.4) is 0 Å². The quantitative estimate of drug-likeness (QED) is 0.278. The van der Waals surface area contributed by atoms with Gasteiger partial charge in [-0.15, -0.1) is 0 Å². The minimum Gasteiger partial charge on any atom is -0.400 e. The lowest BCUT2D eigenvalue weighted by Crippen LogP contribution is -2.46. The van der Waals surface area contributed by atoms with Crippen molar-refractivity contribution in [1.82, 2.24) is 14.8 Å². The molecule has 2 fully saturated rings. The van der Waals surface area contributed by atoms with Gasteiger partial charge in [0.15, 0.2) is 5.76 Å². The van der Waals surface area contributed by atoms with E-state index in [1.165, 1.54) is 12.1 Å². The number of amides is 3. The minimum absolute atomic E-state index is 0.119. The van der Waals surface area contributed by atoms with Crippen molar-refractivity contribution in [3.63, 3.8) is 0 Å². The summed E-state index contributed by atoms with van der Waals surface area (Å²) in [6.07, 6.45) is 1.16. The van der Waals surface area contributed by atoms with Crippen molar-refractivity contribution >= 4 is 24.0 Å². The van der Waals surface area contributed by atoms with Crippen LogP contribution in [-0.2, 0) is 9.53 Å². The number of furan rings is 1. The van der Waals surface area contributed by atoms with Crippen LogP contribution in [0.4, 0.5) is 10.7 Å². The first-order valence-corrected chi connectivity index (χ1v) is 7.79. The summed E-state index contributed by atoms with van der Waals surface area (Å²) in [5.74, 6) is -0.656. The zero-order chi connectivity index (χ0) is 20.7. The van der Waals surface area contributed by atoms with Crippen LogP contribution in [0.15, 0.2) is 21.7 Å². The molecule has 0 aromatic carbocycles. The molecule has 3 heterocycles. The molecule has 2 aliphatic heterocycles. The van der Waals surface area contributed by atoms with Gasteiger partial charge in [0.1, 0.15) is 11.5 Å². The number of hydrogen-bond acceptors (Lipinski definition) is 11. The van der Waals surface area contributed by atoms with Crippen LogP contribution >= 0.6 is 0 Å². The zero-order valence-corrected chi connectivity index (χ0v) is 14.3. The number of hydrogen-bond donors (Lipinski definition) is 0. The van der Waals surface area contributed by atoms with Crippen LogP contribution in [0, 0.1) is 25.4 Å². The Balaban J connectivity index is 0.000000640. The molecule has 15 heteroatoms. The molecule has 0 bridgehead atoms. The Labute approximate surface area is 156 Å². The highest BCUT2D eigenvalue weighted by Crippen LogP contribution is 2.16. The van der Waals surface area contributed by atoms with Gasteiger partial charge >= 0.3 is 11.9 Å². The predicted octanol–water partition coefficient (Wildman–Crippen LogP) is -0.163. The Morgan fingerprint density at radius 1 is 1.14 bits per heavy atom. The van der Waals surface area contributed by atoms with Crippen molar-refractivity contribution in [1.29, 1.82) is 0 Å². The molecule has 2 aliphatic rings. The Bertz CT molecular complexity index is 768. The SMILES string of the molecule is O=C1CN(N=Cc2ccc([N+](=O)[O-])o2)C(=O)N1CN1CCOCC1.O=[N+]([O-])[O-]. The summed E-state index contributed by atoms with van der Waals surface area (Å²) in [5.41, 5.74) is 0. The van der Waals surface area contributed by atoms with Crippen LogP contribution in [0.1, 0.15) is 5.76 Å². The summed E-state index contributed by atoms with van der Waals surface area (Å²) in [6.45, 7) is 2.44. The topological polar surface area (TPSA) is 188 Å². The molecule has 3 amide bonds. The second-order valence-corrected chi connectivity index (χ2v) is 5.44. The van der Waals surface area contributed by atoms with Crippen molar-refractivity contribution in [2.75, 3.05) is 39.5 Å². The molecule has 1 aromatic rings. The summed E-state index contributed by atoms with van der Waals surface area (Å²) in [7, 11) is 0. The number of nitrogens with zero attached hydrogens (tertiary/aromatic N) is 6. The fourth-order valence-corrected chi connectivity index (χ4v) is 2.34. The van der Waals surface area contributed by atoms with Crippen LogP contribution in [0.25, 0.3) is 0 Å². The molecule has 0 atom stereocenters. The molecule has 1 aromatic heterocycles. The summed E-state index contributed by atoms with van der Waals surface area (Å²) in [5, 5.41) is 30.2. The van der Waals surface area contributed by atoms with E-state index < -0.39 is 21.9 Å². The fraction of sp³-hybridized carbons (Fsp3) is 0.462. The Hall–Kier alpha value is -3.59. The number of rotatable bonds is 5. The molecule has 152 valence electrons. The van der Waals surface area contributed by atoms with Crippen molar-refractivity contribution in [2.24, 2.45) is 5.10 Å². The lowest BCUT2D eigenvalue weighted by molar-refractivity contribution is -0.402. The smallest absolute Gasteiger partial charge is 0.400 e. The van der Waals surface area contributed by atoms with Gasteiger partial charge in [0.25, 0.3) is 5.91 Å². The third-order valence-corrected chi connectivity index (χ3v) is 3.60. The van der Waals surface area contributed by atoms with E-state index in [1.54, 1.807) is 0 Å². The Kier molecular flexibility index (Phi) is 6.94. The van der Waals surface area contributed by atoms with Crippen LogP contribution in [-0.4, -0.2) is 82.5 Å². The van der Waals surface area contributed by atoms with Crippen LogP contribution < -0.4 is 0 Å². The highest BCUT2D eigenvalue weighted by molar-refractivity contribution is 6.02. The third-order valence-electron chi connectivity index (χ3n) is 3.60. The van der Waals surface area contributed by atoms with Gasteiger partial charge in [0.2, 0.25) is 0 Å². The molecular formula is C13H15N6O9-. The molecule has 2 saturated heterocycles. The van der Waals surface area contributed by atoms with E-state index in [-0.39, 0.29) is 24.9 Å². The lowest BCUT2D eigenvalue weighted by atomic mass is 10.4. The van der Waals surface area contributed by atoms with Crippen molar-refractivity contribution in [2.45, 2.75) is 0 Å². The molecule has 3 rings (SSSR count). The normalized spacial score (nSPS) is 17.7. The van der Waals surface area contributed by atoms with Gasteiger partial charge in [-0.25, -0.2) is 14.7 Å². The summed E-state index contributed by atoms with van der Waals surface area (Å²) in [6, 6.07) is 2.00. The second kappa shape index (κ2) is 9.38. The molecule has 0 aliphatic carbocycles. The average molecular weight is 399 g/mol. The number of nitro groups is 1. The lowest BCUT2D eigenvalue weighted by Gasteiger charge is -2.29. The molecule has 0 spiro atoms. The molecule has 0 saturated carbocycles. The Morgan fingerprint density at radius 3 is 2.36 bits per heavy atom. The average Bonchev–Trinajstić information content (AvgIpc) is 3.21. The maximum Gasteiger partial charge on any atom is 0.433 e. The number of carbonyl (C=O) groups excluding carboxylic acids is 2. The summed E-state index contributed by atoms with van der Waals surface area (Å²) < 4.78 is 10.1. The van der Waals surface area contributed by atoms with E-state index in [2.05, 4.69) is 5.10 Å². The third kappa shape index (κ3) is 5.71. The van der Waals surface area contributed by atoms with Gasteiger partial charge in [0, 0.05) is 13.1 Å². The number of imide groups is 1. The number of urea groups is 1. The van der Waals surface area contributed by atoms with Crippen molar-refractivity contribution in [3.05, 3.63) is 43.3 Å². The van der Waals surface area contributed by atoms with E-state index in [0.717, 1.165) is 16.1 Å². The number of hydrazone groups is 1. The molecule has 15 nitrogen and oxygen atoms in total. The van der Waals surface area contributed by atoms with Gasteiger partial charge < -0.3 is 24.5 Å². The first kappa shape index (κ1) is 20.7. The van der Waals surface area contributed by atoms with E-state index in [4.69, 9.17) is 24.5 Å². The van der Waals surface area contributed by atoms with E-state index in [9.17, 15) is 19.7 Å². The van der Waals surface area contributed by atoms with Crippen LogP contribution in [0.5, 0.6) is 0 Å². The van der Waals surface area contributed by atoms with Crippen LogP contribution in [0.2, 0.25) is 0 Å². The van der Waals surface area contributed by atoms with Gasteiger partial charge in [-0.3, -0.25) is 19.8 Å². The minimum atomic E-state index is -1.75. The molecule has 0 radical (unpaired) electrons. The second-order valence-electron chi connectivity index (χ2n) is 5.44. The maximum absolute atomic E-state index is 12.2. The molecule has 0 unspecified atom stereocenters. The number of ether oxygens (including phenoxy) is 1. The van der Waals surface area contributed by atoms with E-state index in [0.29, 0.717) is 26.3 Å². The first-order chi connectivity index (χ1) is 13.3.